The Balaban J connectivity index is 0.000000186. The van der Waals surface area contributed by atoms with Crippen LogP contribution >= 0.6 is 0 Å². The minimum absolute atomic E-state index is 0.0666. The highest BCUT2D eigenvalue weighted by Crippen LogP contribution is 2.22. The van der Waals surface area contributed by atoms with Crippen LogP contribution in [0.3, 0.4) is 0 Å². The molecule has 0 spiro atoms. The van der Waals surface area contributed by atoms with Gasteiger partial charge in [0.1, 0.15) is 5.58 Å². The Labute approximate surface area is 146 Å². The topological polar surface area (TPSA) is 114 Å². The Bertz CT molecular complexity index is 1030. The van der Waals surface area contributed by atoms with Crippen LogP contribution in [0.1, 0.15) is 5.56 Å². The molecular weight excluding hydrogens is 366 g/mol. The summed E-state index contributed by atoms with van der Waals surface area (Å²) in [5.41, 5.74) is 1.62. The molecule has 0 saturated heterocycles. The monoisotopic (exact) mass is 383 g/mol. The number of rotatable bonds is 3. The van der Waals surface area contributed by atoms with E-state index in [2.05, 4.69) is 4.72 Å². The van der Waals surface area contributed by atoms with E-state index in [1.165, 1.54) is 12.1 Å². The SMILES string of the molecule is CS(=O)(=O)Nc1cc2ccccc2o1.Cc1ccc(S(=O)(=O)O)cc1. The minimum Gasteiger partial charge on any atom is -0.440 e. The summed E-state index contributed by atoms with van der Waals surface area (Å²) in [6, 6.07) is 15.0. The van der Waals surface area contributed by atoms with Crippen molar-refractivity contribution in [2.45, 2.75) is 11.8 Å². The van der Waals surface area contributed by atoms with Crippen molar-refractivity contribution in [1.29, 1.82) is 0 Å². The highest BCUT2D eigenvalue weighted by Gasteiger charge is 2.07. The predicted molar refractivity (Wildman–Crippen MR) is 95.7 cm³/mol. The van der Waals surface area contributed by atoms with E-state index < -0.39 is 20.1 Å². The number of hydrogen-bond acceptors (Lipinski definition) is 5. The fourth-order valence-corrected chi connectivity index (χ4v) is 2.87. The average molecular weight is 383 g/mol. The molecular formula is C16H17NO6S2. The second-order valence-electron chi connectivity index (χ2n) is 5.31. The minimum atomic E-state index is -4.02. The summed E-state index contributed by atoms with van der Waals surface area (Å²) in [6.45, 7) is 1.84. The van der Waals surface area contributed by atoms with Crippen LogP contribution < -0.4 is 4.72 Å². The van der Waals surface area contributed by atoms with Crippen molar-refractivity contribution >= 4 is 37.0 Å². The fourth-order valence-electron chi connectivity index (χ4n) is 1.93. The van der Waals surface area contributed by atoms with E-state index in [9.17, 15) is 16.8 Å². The number of anilines is 1. The smallest absolute Gasteiger partial charge is 0.294 e. The Kier molecular flexibility index (Phi) is 5.51. The Hall–Kier alpha value is -2.36. The predicted octanol–water partition coefficient (Wildman–Crippen LogP) is 3.05. The summed E-state index contributed by atoms with van der Waals surface area (Å²) in [5.74, 6) is 0.244. The van der Waals surface area contributed by atoms with Gasteiger partial charge in [0.05, 0.1) is 11.2 Å². The zero-order valence-corrected chi connectivity index (χ0v) is 15.1. The van der Waals surface area contributed by atoms with E-state index in [0.29, 0.717) is 5.58 Å². The van der Waals surface area contributed by atoms with Crippen LogP contribution in [0.4, 0.5) is 5.88 Å². The van der Waals surface area contributed by atoms with Gasteiger partial charge < -0.3 is 4.42 Å². The molecule has 0 unspecified atom stereocenters. The summed E-state index contributed by atoms with van der Waals surface area (Å²) in [6.07, 6.45) is 1.08. The zero-order chi connectivity index (χ0) is 18.7. The van der Waals surface area contributed by atoms with E-state index in [1.807, 2.05) is 25.1 Å². The molecule has 2 N–H and O–H groups in total. The first-order valence-corrected chi connectivity index (χ1v) is 10.4. The lowest BCUT2D eigenvalue weighted by Gasteiger charge is -1.96. The lowest BCUT2D eigenvalue weighted by molar-refractivity contribution is 0.483. The third-order valence-electron chi connectivity index (χ3n) is 3.03. The van der Waals surface area contributed by atoms with E-state index in [0.717, 1.165) is 17.2 Å². The number of fused-ring (bicyclic) bond motifs is 1. The van der Waals surface area contributed by atoms with Gasteiger partial charge in [-0.05, 0) is 25.1 Å². The first kappa shape index (κ1) is 19.0. The maximum absolute atomic E-state index is 10.9. The van der Waals surface area contributed by atoms with Crippen LogP contribution in [-0.4, -0.2) is 27.6 Å². The third-order valence-corrected chi connectivity index (χ3v) is 4.47. The largest absolute Gasteiger partial charge is 0.440 e. The van der Waals surface area contributed by atoms with Crippen molar-refractivity contribution in [2.24, 2.45) is 0 Å². The van der Waals surface area contributed by atoms with Crippen molar-refractivity contribution in [3.8, 4) is 0 Å². The van der Waals surface area contributed by atoms with E-state index in [-0.39, 0.29) is 10.8 Å². The van der Waals surface area contributed by atoms with Gasteiger partial charge in [-0.3, -0.25) is 9.27 Å². The number of nitrogens with one attached hydrogen (secondary N) is 1. The molecule has 3 aromatic rings. The molecule has 25 heavy (non-hydrogen) atoms. The Morgan fingerprint density at radius 1 is 0.960 bits per heavy atom. The molecule has 0 radical (unpaired) electrons. The van der Waals surface area contributed by atoms with E-state index in [1.54, 1.807) is 24.3 Å². The molecule has 3 rings (SSSR count). The van der Waals surface area contributed by atoms with Crippen molar-refractivity contribution in [3.63, 3.8) is 0 Å². The quantitative estimate of drug-likeness (QED) is 0.672. The first-order valence-electron chi connectivity index (χ1n) is 7.05. The van der Waals surface area contributed by atoms with Gasteiger partial charge in [-0.2, -0.15) is 8.42 Å². The number of sulfonamides is 1. The second kappa shape index (κ2) is 7.26. The van der Waals surface area contributed by atoms with Crippen LogP contribution in [0.25, 0.3) is 11.0 Å². The van der Waals surface area contributed by atoms with Crippen molar-refractivity contribution in [1.82, 2.24) is 0 Å². The van der Waals surface area contributed by atoms with Crippen LogP contribution in [0, 0.1) is 6.92 Å². The first-order chi connectivity index (χ1) is 11.5. The van der Waals surface area contributed by atoms with E-state index in [4.69, 9.17) is 8.97 Å². The highest BCUT2D eigenvalue weighted by molar-refractivity contribution is 7.92. The third kappa shape index (κ3) is 5.89. The molecule has 0 saturated carbocycles. The summed E-state index contributed by atoms with van der Waals surface area (Å²) < 4.78 is 58.9. The molecule has 0 bridgehead atoms. The van der Waals surface area contributed by atoms with Gasteiger partial charge in [0, 0.05) is 11.5 Å². The average Bonchev–Trinajstić information content (AvgIpc) is 2.87. The van der Waals surface area contributed by atoms with Gasteiger partial charge in [-0.15, -0.1) is 0 Å². The fraction of sp³-hybridized carbons (Fsp3) is 0.125. The zero-order valence-electron chi connectivity index (χ0n) is 13.5. The summed E-state index contributed by atoms with van der Waals surface area (Å²) in [7, 11) is -7.29. The maximum atomic E-state index is 10.9. The number of aryl methyl sites for hydroxylation is 1. The molecule has 0 aliphatic carbocycles. The number of hydrogen-bond donors (Lipinski definition) is 2. The van der Waals surface area contributed by atoms with Gasteiger partial charge in [-0.25, -0.2) is 8.42 Å². The summed E-state index contributed by atoms with van der Waals surface area (Å²) in [5, 5.41) is 0.874. The lowest BCUT2D eigenvalue weighted by atomic mass is 10.2. The Morgan fingerprint density at radius 3 is 2.08 bits per heavy atom. The van der Waals surface area contributed by atoms with Crippen molar-refractivity contribution in [2.75, 3.05) is 11.0 Å². The molecule has 1 heterocycles. The van der Waals surface area contributed by atoms with Crippen molar-refractivity contribution < 1.29 is 25.8 Å². The molecule has 9 heteroatoms. The van der Waals surface area contributed by atoms with Gasteiger partial charge in [-0.1, -0.05) is 35.9 Å². The van der Waals surface area contributed by atoms with Crippen molar-refractivity contribution in [3.05, 3.63) is 60.2 Å². The molecule has 0 atom stereocenters. The number of furan rings is 1. The standard InChI is InChI=1S/C9H9NO3S.C7H8O3S/c1-14(11,12)10-9-6-7-4-2-3-5-8(7)13-9;1-6-2-4-7(5-3-6)11(8,9)10/h2-6,10H,1H3;2-5H,1H3,(H,8,9,10). The normalized spacial score (nSPS) is 11.6. The maximum Gasteiger partial charge on any atom is 0.294 e. The van der Waals surface area contributed by atoms with Gasteiger partial charge in [0.25, 0.3) is 10.1 Å². The van der Waals surface area contributed by atoms with Crippen LogP contribution in [0.5, 0.6) is 0 Å². The number of para-hydroxylation sites is 1. The molecule has 0 aliphatic rings. The van der Waals surface area contributed by atoms with Gasteiger partial charge >= 0.3 is 0 Å². The van der Waals surface area contributed by atoms with Gasteiger partial charge in [0.2, 0.25) is 15.9 Å². The van der Waals surface area contributed by atoms with Crippen LogP contribution in [0.15, 0.2) is 63.9 Å². The Morgan fingerprint density at radius 2 is 1.56 bits per heavy atom. The number of benzene rings is 2. The second-order valence-corrected chi connectivity index (χ2v) is 8.48. The molecule has 0 aliphatic heterocycles. The summed E-state index contributed by atoms with van der Waals surface area (Å²) >= 11 is 0. The van der Waals surface area contributed by atoms with E-state index >= 15 is 0 Å². The lowest BCUT2D eigenvalue weighted by Crippen LogP contribution is -2.08. The van der Waals surface area contributed by atoms with Gasteiger partial charge in [0.15, 0.2) is 0 Å². The molecule has 2 aromatic carbocycles. The molecule has 1 aromatic heterocycles. The molecule has 134 valence electrons. The molecule has 0 amide bonds. The van der Waals surface area contributed by atoms with Crippen LogP contribution in [-0.2, 0) is 20.1 Å². The van der Waals surface area contributed by atoms with Crippen LogP contribution in [0.2, 0.25) is 0 Å². The highest BCUT2D eigenvalue weighted by atomic mass is 32.2. The molecule has 0 fully saturated rings. The molecule has 7 nitrogen and oxygen atoms in total. The summed E-state index contributed by atoms with van der Waals surface area (Å²) in [4.78, 5) is -0.0666.